The summed E-state index contributed by atoms with van der Waals surface area (Å²) >= 11 is 5.87. The molecule has 0 fully saturated rings. The van der Waals surface area contributed by atoms with E-state index < -0.39 is 17.4 Å². The average Bonchev–Trinajstić information content (AvgIpc) is 2.35. The van der Waals surface area contributed by atoms with Gasteiger partial charge >= 0.3 is 6.18 Å². The van der Waals surface area contributed by atoms with Gasteiger partial charge in [0.2, 0.25) is 5.95 Å². The van der Waals surface area contributed by atoms with Crippen LogP contribution in [0.5, 0.6) is 0 Å². The molecule has 0 bridgehead atoms. The van der Waals surface area contributed by atoms with Gasteiger partial charge in [0.05, 0.1) is 0 Å². The molecule has 0 saturated carbocycles. The largest absolute Gasteiger partial charge is 0.433 e. The van der Waals surface area contributed by atoms with E-state index in [0.29, 0.717) is 10.7 Å². The zero-order valence-corrected chi connectivity index (χ0v) is 13.5. The summed E-state index contributed by atoms with van der Waals surface area (Å²) in [6, 6.07) is 7.48. The predicted octanol–water partition coefficient (Wildman–Crippen LogP) is 5.10. The Labute approximate surface area is 137 Å². The topological polar surface area (TPSA) is 49.8 Å². The van der Waals surface area contributed by atoms with Crippen molar-refractivity contribution in [2.24, 2.45) is 0 Å². The fourth-order valence-electron chi connectivity index (χ4n) is 1.76. The first-order chi connectivity index (χ1) is 10.5. The van der Waals surface area contributed by atoms with Crippen LogP contribution in [0.3, 0.4) is 0 Å². The highest BCUT2D eigenvalue weighted by molar-refractivity contribution is 6.30. The monoisotopic (exact) mass is 344 g/mol. The molecule has 2 aromatic rings. The summed E-state index contributed by atoms with van der Waals surface area (Å²) in [6.07, 6.45) is -4.57. The van der Waals surface area contributed by atoms with Crippen LogP contribution >= 0.6 is 11.6 Å². The van der Waals surface area contributed by atoms with Gasteiger partial charge in [-0.1, -0.05) is 17.7 Å². The average molecular weight is 345 g/mol. The number of rotatable bonds is 3. The summed E-state index contributed by atoms with van der Waals surface area (Å²) in [5.41, 5.74) is -0.966. The molecule has 0 aliphatic heterocycles. The van der Waals surface area contributed by atoms with Crippen molar-refractivity contribution in [1.29, 1.82) is 0 Å². The van der Waals surface area contributed by atoms with Gasteiger partial charge in [-0.15, -0.1) is 0 Å². The highest BCUT2D eigenvalue weighted by Gasteiger charge is 2.34. The van der Waals surface area contributed by atoms with E-state index in [1.165, 1.54) is 0 Å². The third kappa shape index (κ3) is 5.28. The van der Waals surface area contributed by atoms with Crippen molar-refractivity contribution in [3.8, 4) is 0 Å². The quantitative estimate of drug-likeness (QED) is 0.813. The Morgan fingerprint density at radius 3 is 2.30 bits per heavy atom. The molecule has 0 aliphatic carbocycles. The lowest BCUT2D eigenvalue weighted by Crippen LogP contribution is -2.28. The first kappa shape index (κ1) is 17.3. The number of nitrogens with zero attached hydrogens (tertiary/aromatic N) is 2. The summed E-state index contributed by atoms with van der Waals surface area (Å²) in [6.45, 7) is 5.42. The highest BCUT2D eigenvalue weighted by atomic mass is 35.5. The van der Waals surface area contributed by atoms with Crippen molar-refractivity contribution in [2.75, 3.05) is 10.6 Å². The van der Waals surface area contributed by atoms with Crippen LogP contribution in [0.15, 0.2) is 30.3 Å². The number of anilines is 3. The number of halogens is 4. The van der Waals surface area contributed by atoms with Gasteiger partial charge in [0.25, 0.3) is 0 Å². The minimum absolute atomic E-state index is 0.0290. The second-order valence-electron chi connectivity index (χ2n) is 5.97. The Morgan fingerprint density at radius 1 is 1.04 bits per heavy atom. The van der Waals surface area contributed by atoms with E-state index in [0.717, 1.165) is 6.07 Å². The number of hydrogen-bond donors (Lipinski definition) is 2. The lowest BCUT2D eigenvalue weighted by Gasteiger charge is -2.21. The molecule has 0 saturated heterocycles. The zero-order chi connectivity index (χ0) is 17.3. The third-order valence-electron chi connectivity index (χ3n) is 2.60. The van der Waals surface area contributed by atoms with Gasteiger partial charge in [0, 0.05) is 22.3 Å². The van der Waals surface area contributed by atoms with Gasteiger partial charge in [0.15, 0.2) is 5.69 Å². The van der Waals surface area contributed by atoms with E-state index in [-0.39, 0.29) is 11.8 Å². The van der Waals surface area contributed by atoms with Crippen LogP contribution < -0.4 is 10.6 Å². The maximum Gasteiger partial charge on any atom is 0.433 e. The van der Waals surface area contributed by atoms with Crippen LogP contribution in [0.4, 0.5) is 30.6 Å². The number of aromatic nitrogens is 2. The van der Waals surface area contributed by atoms with Crippen LogP contribution in [0, 0.1) is 0 Å². The molecule has 0 radical (unpaired) electrons. The molecule has 2 N–H and O–H groups in total. The lowest BCUT2D eigenvalue weighted by molar-refractivity contribution is -0.141. The predicted molar refractivity (Wildman–Crippen MR) is 85.1 cm³/mol. The summed E-state index contributed by atoms with van der Waals surface area (Å²) in [5, 5.41) is 6.12. The molecular weight excluding hydrogens is 329 g/mol. The van der Waals surface area contributed by atoms with E-state index in [1.807, 2.05) is 0 Å². The van der Waals surface area contributed by atoms with Crippen molar-refractivity contribution in [3.63, 3.8) is 0 Å². The fourth-order valence-corrected chi connectivity index (χ4v) is 1.95. The van der Waals surface area contributed by atoms with Crippen LogP contribution in [-0.4, -0.2) is 15.5 Å². The second kappa shape index (κ2) is 6.23. The molecule has 2 rings (SSSR count). The van der Waals surface area contributed by atoms with Gasteiger partial charge in [-0.25, -0.2) is 4.98 Å². The van der Waals surface area contributed by atoms with Crippen molar-refractivity contribution < 1.29 is 13.2 Å². The Kier molecular flexibility index (Phi) is 4.70. The molecule has 0 atom stereocenters. The minimum Gasteiger partial charge on any atom is -0.350 e. The van der Waals surface area contributed by atoms with Crippen LogP contribution in [0.2, 0.25) is 5.02 Å². The summed E-state index contributed by atoms with van der Waals surface area (Å²) in [7, 11) is 0. The number of benzene rings is 1. The molecule has 0 aliphatic rings. The van der Waals surface area contributed by atoms with E-state index in [2.05, 4.69) is 20.6 Å². The lowest BCUT2D eigenvalue weighted by atomic mass is 10.1. The normalized spacial score (nSPS) is 12.1. The van der Waals surface area contributed by atoms with Crippen molar-refractivity contribution in [2.45, 2.75) is 32.5 Å². The molecule has 0 amide bonds. The molecule has 0 unspecified atom stereocenters. The highest BCUT2D eigenvalue weighted by Crippen LogP contribution is 2.31. The minimum atomic E-state index is -4.57. The molecule has 1 heterocycles. The van der Waals surface area contributed by atoms with Gasteiger partial charge in [-0.05, 0) is 39.0 Å². The third-order valence-corrected chi connectivity index (χ3v) is 2.84. The Hall–Kier alpha value is -2.02. The molecule has 1 aromatic carbocycles. The molecule has 23 heavy (non-hydrogen) atoms. The number of hydrogen-bond acceptors (Lipinski definition) is 4. The fraction of sp³-hybridized carbons (Fsp3) is 0.333. The SMILES string of the molecule is CC(C)(C)Nc1nc(Nc2cccc(Cl)c2)cc(C(F)(F)F)n1. The maximum atomic E-state index is 13.0. The van der Waals surface area contributed by atoms with Crippen LogP contribution in [0.25, 0.3) is 0 Å². The van der Waals surface area contributed by atoms with Gasteiger partial charge in [0.1, 0.15) is 5.82 Å². The van der Waals surface area contributed by atoms with E-state index in [4.69, 9.17) is 11.6 Å². The summed E-state index contributed by atoms with van der Waals surface area (Å²) in [5.74, 6) is -0.0711. The van der Waals surface area contributed by atoms with E-state index >= 15 is 0 Å². The van der Waals surface area contributed by atoms with Crippen LogP contribution in [0.1, 0.15) is 26.5 Å². The standard InChI is InChI=1S/C15H16ClF3N4/c1-14(2,3)23-13-21-11(15(17,18)19)8-12(22-13)20-10-6-4-5-9(16)7-10/h4-8H,1-3H3,(H2,20,21,22,23). The second-order valence-corrected chi connectivity index (χ2v) is 6.41. The Balaban J connectivity index is 2.39. The van der Waals surface area contributed by atoms with E-state index in [9.17, 15) is 13.2 Å². The van der Waals surface area contributed by atoms with E-state index in [1.54, 1.807) is 45.0 Å². The number of nitrogens with one attached hydrogen (secondary N) is 2. The van der Waals surface area contributed by atoms with Gasteiger partial charge < -0.3 is 10.6 Å². The first-order valence-corrected chi connectivity index (χ1v) is 7.18. The Morgan fingerprint density at radius 2 is 1.74 bits per heavy atom. The number of alkyl halides is 3. The van der Waals surface area contributed by atoms with Crippen LogP contribution in [-0.2, 0) is 6.18 Å². The van der Waals surface area contributed by atoms with Gasteiger partial charge in [-0.2, -0.15) is 18.2 Å². The van der Waals surface area contributed by atoms with Gasteiger partial charge in [-0.3, -0.25) is 0 Å². The first-order valence-electron chi connectivity index (χ1n) is 6.80. The molecule has 0 spiro atoms. The zero-order valence-electron chi connectivity index (χ0n) is 12.8. The summed E-state index contributed by atoms with van der Waals surface area (Å²) in [4.78, 5) is 7.62. The van der Waals surface area contributed by atoms with Crippen molar-refractivity contribution in [3.05, 3.63) is 41.0 Å². The molecular formula is C15H16ClF3N4. The molecule has 1 aromatic heterocycles. The molecule has 124 valence electrons. The van der Waals surface area contributed by atoms with Crippen molar-refractivity contribution in [1.82, 2.24) is 9.97 Å². The molecule has 4 nitrogen and oxygen atoms in total. The van der Waals surface area contributed by atoms with Crippen molar-refractivity contribution >= 4 is 29.1 Å². The maximum absolute atomic E-state index is 13.0. The Bertz CT molecular complexity index is 696. The summed E-state index contributed by atoms with van der Waals surface area (Å²) < 4.78 is 39.1. The molecule has 8 heteroatoms. The smallest absolute Gasteiger partial charge is 0.350 e.